The van der Waals surface area contributed by atoms with E-state index in [-0.39, 0.29) is 21.4 Å². The minimum atomic E-state index is -4.86. The summed E-state index contributed by atoms with van der Waals surface area (Å²) in [5.74, 6) is 5.54. The van der Waals surface area contributed by atoms with Gasteiger partial charge in [0.05, 0.1) is 10.6 Å². The van der Waals surface area contributed by atoms with E-state index in [1.54, 1.807) is 0 Å². The normalized spacial score (nSPS) is 17.5. The molecule has 14 heteroatoms. The van der Waals surface area contributed by atoms with Gasteiger partial charge in [-0.05, 0) is 51.1 Å². The molecule has 8 N–H and O–H groups in total. The van der Waals surface area contributed by atoms with Gasteiger partial charge in [0.1, 0.15) is 5.75 Å². The van der Waals surface area contributed by atoms with Crippen LogP contribution in [0.5, 0.6) is 5.75 Å². The van der Waals surface area contributed by atoms with Crippen LogP contribution in [0.15, 0.2) is 17.7 Å². The summed E-state index contributed by atoms with van der Waals surface area (Å²) in [4.78, 5) is 16.1. The maximum Gasteiger partial charge on any atom is 0.430 e. The number of carbonyl (C=O) groups excluding carboxylic acids is 1. The average Bonchev–Trinajstić information content (AvgIpc) is 3.35. The fraction of sp³-hybridized carbons (Fsp3) is 0.500. The first kappa shape index (κ1) is 30.4. The van der Waals surface area contributed by atoms with E-state index in [2.05, 4.69) is 20.8 Å². The van der Waals surface area contributed by atoms with E-state index < -0.39 is 30.1 Å². The van der Waals surface area contributed by atoms with Crippen molar-refractivity contribution in [1.82, 2.24) is 5.32 Å². The summed E-state index contributed by atoms with van der Waals surface area (Å²) in [5, 5.41) is 17.0. The molecule has 3 rings (SSSR count). The minimum Gasteiger partial charge on any atom is -0.474 e. The number of ether oxygens (including phenoxy) is 2. The van der Waals surface area contributed by atoms with Gasteiger partial charge in [0, 0.05) is 17.7 Å². The van der Waals surface area contributed by atoms with Crippen molar-refractivity contribution in [1.29, 1.82) is 0 Å². The summed E-state index contributed by atoms with van der Waals surface area (Å²) < 4.78 is 49.0. The first-order valence-corrected chi connectivity index (χ1v) is 9.86. The Bertz CT molecular complexity index is 742. The molecule has 32 heavy (non-hydrogen) atoms. The smallest absolute Gasteiger partial charge is 0.430 e. The van der Waals surface area contributed by atoms with E-state index in [0.717, 1.165) is 13.2 Å². The topological polar surface area (TPSA) is 151 Å². The zero-order valence-corrected chi connectivity index (χ0v) is 18.9. The van der Waals surface area contributed by atoms with Gasteiger partial charge >= 0.3 is 12.1 Å². The van der Waals surface area contributed by atoms with Gasteiger partial charge in [0.2, 0.25) is 12.4 Å². The Hall–Kier alpha value is -1.64. The van der Waals surface area contributed by atoms with Gasteiger partial charge in [-0.25, -0.2) is 21.8 Å². The molecule has 1 fully saturated rings. The fourth-order valence-electron chi connectivity index (χ4n) is 2.52. The Labute approximate surface area is 192 Å². The van der Waals surface area contributed by atoms with E-state index >= 15 is 0 Å². The van der Waals surface area contributed by atoms with Crippen molar-refractivity contribution in [2.24, 2.45) is 5.90 Å². The highest BCUT2D eigenvalue weighted by Crippen LogP contribution is 2.42. The van der Waals surface area contributed by atoms with Crippen LogP contribution in [-0.4, -0.2) is 55.1 Å². The Morgan fingerprint density at radius 2 is 1.84 bits per heavy atom. The lowest BCUT2D eigenvalue weighted by molar-refractivity contribution is -0.670. The van der Waals surface area contributed by atoms with Gasteiger partial charge in [-0.3, -0.25) is 4.84 Å². The number of nitrogens with one attached hydrogen (secondary N) is 1. The Morgan fingerprint density at radius 1 is 1.28 bits per heavy atom. The summed E-state index contributed by atoms with van der Waals surface area (Å²) >= 11 is 11.6. The monoisotopic (exact) mass is 508 g/mol. The predicted octanol–water partition coefficient (Wildman–Crippen LogP) is 2.08. The number of rotatable bonds is 3. The lowest BCUT2D eigenvalue weighted by Crippen LogP contribution is -2.42. The molecule has 2 aliphatic heterocycles. The van der Waals surface area contributed by atoms with E-state index in [9.17, 15) is 18.0 Å². The van der Waals surface area contributed by atoms with Crippen molar-refractivity contribution >= 4 is 35.2 Å². The third-order valence-electron chi connectivity index (χ3n) is 3.82. The van der Waals surface area contributed by atoms with Crippen LogP contribution in [0.2, 0.25) is 10.0 Å². The molecule has 0 amide bonds. The second-order valence-electron chi connectivity index (χ2n) is 6.01. The highest BCUT2D eigenvalue weighted by Gasteiger charge is 2.49. The van der Waals surface area contributed by atoms with Crippen LogP contribution in [0, 0.1) is 0 Å². The number of benzene rings is 1. The summed E-state index contributed by atoms with van der Waals surface area (Å²) in [6.07, 6.45) is -4.90. The lowest BCUT2D eigenvalue weighted by Gasteiger charge is -2.28. The van der Waals surface area contributed by atoms with E-state index in [0.29, 0.717) is 0 Å². The second kappa shape index (κ2) is 15.2. The number of fused-ring (bicyclic) bond motifs is 1. The van der Waals surface area contributed by atoms with Crippen LogP contribution >= 0.6 is 23.2 Å². The molecule has 1 aromatic rings. The molecular weight excluding hydrogens is 482 g/mol. The van der Waals surface area contributed by atoms with Crippen LogP contribution in [0.3, 0.4) is 0 Å². The van der Waals surface area contributed by atoms with Gasteiger partial charge in [0.25, 0.3) is 0 Å². The molecule has 0 radical (unpaired) electrons. The molecule has 2 atom stereocenters. The molecule has 0 spiro atoms. The molecule has 0 aliphatic carbocycles. The number of hydrogen-bond acceptors (Lipinski definition) is 8. The molecule has 1 aromatic carbocycles. The number of halogens is 5. The van der Waals surface area contributed by atoms with Crippen LogP contribution in [-0.2, 0) is 14.4 Å². The highest BCUT2D eigenvalue weighted by molar-refractivity contribution is 6.36. The quantitative estimate of drug-likeness (QED) is 0.236. The maximum absolute atomic E-state index is 13.2. The molecule has 184 valence electrons. The van der Waals surface area contributed by atoms with Crippen molar-refractivity contribution in [3.8, 4) is 5.75 Å². The van der Waals surface area contributed by atoms with Crippen molar-refractivity contribution < 1.29 is 48.5 Å². The number of nitrogens with two attached hydrogens (primary N) is 1. The molecule has 0 aromatic heterocycles. The molecule has 0 saturated carbocycles. The Morgan fingerprint density at radius 3 is 2.28 bits per heavy atom. The standard InChI is InChI=1S/C13H10Cl2F3NO4.C4H9N.CH4O.H4NO/c1-5(23-19)21-12(20)8-3-6-2-7(14)4-9(15)10(6)22-11(8)13(16,17)18;1-2-4-5-3-1;2*1-2/h2-5,11H,19H2,1H3;5H,1-4H2;2*2H,1H3/q;;;+1. The van der Waals surface area contributed by atoms with Crippen LogP contribution in [0.25, 0.3) is 6.08 Å². The maximum atomic E-state index is 13.2. The fourth-order valence-corrected chi connectivity index (χ4v) is 3.07. The first-order chi connectivity index (χ1) is 15.1. The van der Waals surface area contributed by atoms with Gasteiger partial charge in [0.15, 0.2) is 0 Å². The van der Waals surface area contributed by atoms with E-state index in [1.165, 1.54) is 45.0 Å². The van der Waals surface area contributed by atoms with Gasteiger partial charge < -0.3 is 19.9 Å². The number of quaternary nitrogens is 1. The van der Waals surface area contributed by atoms with Gasteiger partial charge in [-0.15, -0.1) is 0 Å². The number of esters is 1. The number of aliphatic hydroxyl groups is 1. The highest BCUT2D eigenvalue weighted by atomic mass is 35.5. The number of alkyl halides is 3. The largest absolute Gasteiger partial charge is 0.474 e. The first-order valence-electron chi connectivity index (χ1n) is 9.11. The number of carbonyl (C=O) groups is 1. The zero-order valence-electron chi connectivity index (χ0n) is 17.4. The lowest BCUT2D eigenvalue weighted by atomic mass is 10.0. The summed E-state index contributed by atoms with van der Waals surface area (Å²) in [7, 11) is 1.00. The van der Waals surface area contributed by atoms with Crippen LogP contribution < -0.4 is 21.8 Å². The van der Waals surface area contributed by atoms with Gasteiger partial charge in [-0.2, -0.15) is 13.2 Å². The molecule has 9 nitrogen and oxygen atoms in total. The third-order valence-corrected chi connectivity index (χ3v) is 4.32. The van der Waals surface area contributed by atoms with E-state index in [4.69, 9.17) is 44.1 Å². The second-order valence-corrected chi connectivity index (χ2v) is 6.85. The van der Waals surface area contributed by atoms with Crippen LogP contribution in [0.4, 0.5) is 13.2 Å². The molecular formula is C18H27Cl2F3N3O6+. The zero-order chi connectivity index (χ0) is 24.9. The number of aliphatic hydroxyl groups excluding tert-OH is 1. The third kappa shape index (κ3) is 9.46. The Kier molecular flexibility index (Phi) is 14.5. The average molecular weight is 509 g/mol. The van der Waals surface area contributed by atoms with Crippen molar-refractivity contribution in [3.63, 3.8) is 0 Å². The molecule has 0 bridgehead atoms. The molecule has 2 unspecified atom stereocenters. The Balaban J connectivity index is 0.000000905. The summed E-state index contributed by atoms with van der Waals surface area (Å²) in [6, 6.07) is 2.54. The number of hydrogen-bond donors (Lipinski definition) is 5. The molecule has 2 heterocycles. The minimum absolute atomic E-state index is 0.107. The van der Waals surface area contributed by atoms with Crippen LogP contribution in [0.1, 0.15) is 25.3 Å². The SMILES string of the molecule is C1CCNC1.CC(ON)OC(=O)C1=Cc2cc(Cl)cc(Cl)c2OC1C(F)(F)F.CO.[NH3+]O. The predicted molar refractivity (Wildman–Crippen MR) is 111 cm³/mol. The van der Waals surface area contributed by atoms with Crippen molar-refractivity contribution in [3.05, 3.63) is 33.3 Å². The van der Waals surface area contributed by atoms with Crippen molar-refractivity contribution in [2.75, 3.05) is 20.2 Å². The molecule has 2 aliphatic rings. The van der Waals surface area contributed by atoms with Crippen molar-refractivity contribution in [2.45, 2.75) is 38.3 Å². The summed E-state index contributed by atoms with van der Waals surface area (Å²) in [5.41, 5.74) is -0.650. The van der Waals surface area contributed by atoms with E-state index in [1.807, 2.05) is 0 Å². The van der Waals surface area contributed by atoms with Gasteiger partial charge in [-0.1, -0.05) is 23.2 Å². The molecule has 1 saturated heterocycles. The summed E-state index contributed by atoms with van der Waals surface area (Å²) in [6.45, 7) is 3.74.